The normalized spacial score (nSPS) is 12.2. The SMILES string of the molecule is O=C(COC(=O)C=Cc1ccc2c(c1)OCO2)Nc1cccc(Cl)c1Cl. The van der Waals surface area contributed by atoms with Gasteiger partial charge in [-0.05, 0) is 35.9 Å². The van der Waals surface area contributed by atoms with E-state index >= 15 is 0 Å². The third kappa shape index (κ3) is 4.47. The molecule has 8 heteroatoms. The number of esters is 1. The van der Waals surface area contributed by atoms with Crippen molar-refractivity contribution in [2.24, 2.45) is 0 Å². The van der Waals surface area contributed by atoms with Gasteiger partial charge in [-0.3, -0.25) is 4.79 Å². The maximum Gasteiger partial charge on any atom is 0.331 e. The molecule has 0 saturated heterocycles. The highest BCUT2D eigenvalue weighted by Gasteiger charge is 2.13. The number of fused-ring (bicyclic) bond motifs is 1. The molecule has 0 spiro atoms. The second-order valence-electron chi connectivity index (χ2n) is 5.20. The standard InChI is InChI=1S/C18H13Cl2NO5/c19-12-2-1-3-13(18(12)20)21-16(22)9-24-17(23)7-5-11-4-6-14-15(8-11)26-10-25-14/h1-8H,9-10H2,(H,21,22). The number of amides is 1. The predicted molar refractivity (Wildman–Crippen MR) is 97.6 cm³/mol. The van der Waals surface area contributed by atoms with Gasteiger partial charge in [0, 0.05) is 6.08 Å². The van der Waals surface area contributed by atoms with Crippen molar-refractivity contribution in [2.75, 3.05) is 18.7 Å². The number of carbonyl (C=O) groups is 2. The Morgan fingerprint density at radius 1 is 1.15 bits per heavy atom. The van der Waals surface area contributed by atoms with Crippen LogP contribution in [0.15, 0.2) is 42.5 Å². The number of ether oxygens (including phenoxy) is 3. The van der Waals surface area contributed by atoms with Gasteiger partial charge in [0.25, 0.3) is 5.91 Å². The van der Waals surface area contributed by atoms with Gasteiger partial charge < -0.3 is 19.5 Å². The molecule has 26 heavy (non-hydrogen) atoms. The van der Waals surface area contributed by atoms with E-state index in [1.54, 1.807) is 42.5 Å². The molecule has 2 aromatic carbocycles. The number of anilines is 1. The minimum Gasteiger partial charge on any atom is -0.454 e. The van der Waals surface area contributed by atoms with Crippen molar-refractivity contribution in [3.05, 3.63) is 58.1 Å². The summed E-state index contributed by atoms with van der Waals surface area (Å²) in [6.07, 6.45) is 2.77. The fourth-order valence-electron chi connectivity index (χ4n) is 2.15. The number of benzene rings is 2. The summed E-state index contributed by atoms with van der Waals surface area (Å²) in [7, 11) is 0. The second kappa shape index (κ2) is 8.12. The summed E-state index contributed by atoms with van der Waals surface area (Å²) < 4.78 is 15.4. The van der Waals surface area contributed by atoms with Crippen molar-refractivity contribution < 1.29 is 23.8 Å². The second-order valence-corrected chi connectivity index (χ2v) is 5.99. The van der Waals surface area contributed by atoms with Crippen molar-refractivity contribution in [3.63, 3.8) is 0 Å². The number of carbonyl (C=O) groups excluding carboxylic acids is 2. The molecule has 0 aromatic heterocycles. The first-order chi connectivity index (χ1) is 12.5. The van der Waals surface area contributed by atoms with Crippen LogP contribution in [0.4, 0.5) is 5.69 Å². The van der Waals surface area contributed by atoms with E-state index < -0.39 is 18.5 Å². The van der Waals surface area contributed by atoms with E-state index in [-0.39, 0.29) is 11.8 Å². The van der Waals surface area contributed by atoms with Crippen LogP contribution in [-0.4, -0.2) is 25.3 Å². The molecular formula is C18H13Cl2NO5. The van der Waals surface area contributed by atoms with Crippen molar-refractivity contribution in [3.8, 4) is 11.5 Å². The molecule has 1 aliphatic heterocycles. The number of hydrogen-bond acceptors (Lipinski definition) is 5. The van der Waals surface area contributed by atoms with Gasteiger partial charge in [0.2, 0.25) is 6.79 Å². The molecule has 1 N–H and O–H groups in total. The van der Waals surface area contributed by atoms with Crippen LogP contribution in [-0.2, 0) is 14.3 Å². The van der Waals surface area contributed by atoms with E-state index in [9.17, 15) is 9.59 Å². The van der Waals surface area contributed by atoms with Crippen molar-refractivity contribution in [2.45, 2.75) is 0 Å². The Morgan fingerprint density at radius 2 is 1.96 bits per heavy atom. The van der Waals surface area contributed by atoms with Gasteiger partial charge in [0.15, 0.2) is 18.1 Å². The van der Waals surface area contributed by atoms with Gasteiger partial charge in [0.05, 0.1) is 15.7 Å². The van der Waals surface area contributed by atoms with E-state index in [1.165, 1.54) is 6.08 Å². The topological polar surface area (TPSA) is 73.9 Å². The zero-order valence-corrected chi connectivity index (χ0v) is 14.8. The molecule has 134 valence electrons. The lowest BCUT2D eigenvalue weighted by Crippen LogP contribution is -2.20. The predicted octanol–water partition coefficient (Wildman–Crippen LogP) is 3.92. The Bertz CT molecular complexity index is 882. The molecule has 2 aromatic rings. The summed E-state index contributed by atoms with van der Waals surface area (Å²) in [5, 5.41) is 3.05. The minimum absolute atomic E-state index is 0.177. The van der Waals surface area contributed by atoms with Crippen LogP contribution in [0.2, 0.25) is 10.0 Å². The van der Waals surface area contributed by atoms with Crippen LogP contribution in [0.25, 0.3) is 6.08 Å². The van der Waals surface area contributed by atoms with Crippen molar-refractivity contribution in [1.29, 1.82) is 0 Å². The first-order valence-electron chi connectivity index (χ1n) is 7.51. The largest absolute Gasteiger partial charge is 0.454 e. The maximum absolute atomic E-state index is 11.8. The Kier molecular flexibility index (Phi) is 5.65. The van der Waals surface area contributed by atoms with Crippen molar-refractivity contribution in [1.82, 2.24) is 0 Å². The number of nitrogens with one attached hydrogen (secondary N) is 1. The van der Waals surface area contributed by atoms with Gasteiger partial charge in [0.1, 0.15) is 0 Å². The highest BCUT2D eigenvalue weighted by molar-refractivity contribution is 6.44. The monoisotopic (exact) mass is 393 g/mol. The van der Waals surface area contributed by atoms with Crippen LogP contribution < -0.4 is 14.8 Å². The first kappa shape index (κ1) is 18.1. The molecule has 0 unspecified atom stereocenters. The van der Waals surface area contributed by atoms with E-state index in [0.717, 1.165) is 5.56 Å². The lowest BCUT2D eigenvalue weighted by molar-refractivity contribution is -0.142. The highest BCUT2D eigenvalue weighted by atomic mass is 35.5. The van der Waals surface area contributed by atoms with E-state index in [0.29, 0.717) is 22.2 Å². The highest BCUT2D eigenvalue weighted by Crippen LogP contribution is 2.32. The summed E-state index contributed by atoms with van der Waals surface area (Å²) in [6.45, 7) is -0.274. The summed E-state index contributed by atoms with van der Waals surface area (Å²) in [4.78, 5) is 23.6. The average molecular weight is 394 g/mol. The molecular weight excluding hydrogens is 381 g/mol. The lowest BCUT2D eigenvalue weighted by atomic mass is 10.2. The Hall–Kier alpha value is -2.70. The van der Waals surface area contributed by atoms with Gasteiger partial charge in [-0.2, -0.15) is 0 Å². The van der Waals surface area contributed by atoms with Gasteiger partial charge in [-0.25, -0.2) is 4.79 Å². The van der Waals surface area contributed by atoms with E-state index in [2.05, 4.69) is 5.32 Å². The summed E-state index contributed by atoms with van der Waals surface area (Å²) >= 11 is 11.8. The number of rotatable bonds is 5. The molecule has 3 rings (SSSR count). The molecule has 1 heterocycles. The van der Waals surface area contributed by atoms with E-state index in [4.69, 9.17) is 37.4 Å². The molecule has 0 saturated carbocycles. The Morgan fingerprint density at radius 3 is 2.81 bits per heavy atom. The third-order valence-corrected chi connectivity index (χ3v) is 4.20. The zero-order chi connectivity index (χ0) is 18.5. The fourth-order valence-corrected chi connectivity index (χ4v) is 2.50. The van der Waals surface area contributed by atoms with Gasteiger partial charge in [-0.15, -0.1) is 0 Å². The third-order valence-electron chi connectivity index (χ3n) is 3.38. The molecule has 0 radical (unpaired) electrons. The summed E-state index contributed by atoms with van der Waals surface area (Å²) in [5.41, 5.74) is 1.08. The van der Waals surface area contributed by atoms with Crippen LogP contribution in [0.1, 0.15) is 5.56 Å². The lowest BCUT2D eigenvalue weighted by Gasteiger charge is -2.08. The zero-order valence-electron chi connectivity index (χ0n) is 13.3. The van der Waals surface area contributed by atoms with E-state index in [1.807, 2.05) is 0 Å². The van der Waals surface area contributed by atoms with Gasteiger partial charge >= 0.3 is 5.97 Å². The van der Waals surface area contributed by atoms with Crippen LogP contribution in [0.3, 0.4) is 0 Å². The molecule has 0 bridgehead atoms. The quantitative estimate of drug-likeness (QED) is 0.615. The Labute approximate surface area is 159 Å². The average Bonchev–Trinajstić information content (AvgIpc) is 3.10. The smallest absolute Gasteiger partial charge is 0.331 e. The minimum atomic E-state index is -0.657. The number of hydrogen-bond donors (Lipinski definition) is 1. The van der Waals surface area contributed by atoms with Crippen LogP contribution in [0, 0.1) is 0 Å². The fraction of sp³-hybridized carbons (Fsp3) is 0.111. The molecule has 1 amide bonds. The number of halogens is 2. The van der Waals surface area contributed by atoms with Crippen molar-refractivity contribution >= 4 is 46.8 Å². The maximum atomic E-state index is 11.8. The molecule has 0 atom stereocenters. The van der Waals surface area contributed by atoms with Crippen LogP contribution >= 0.6 is 23.2 Å². The first-order valence-corrected chi connectivity index (χ1v) is 8.27. The Balaban J connectivity index is 1.50. The van der Waals surface area contributed by atoms with Crippen LogP contribution in [0.5, 0.6) is 11.5 Å². The summed E-state index contributed by atoms with van der Waals surface area (Å²) in [5.74, 6) is 0.0772. The summed E-state index contributed by atoms with van der Waals surface area (Å²) in [6, 6.07) is 10.1. The molecule has 0 fully saturated rings. The van der Waals surface area contributed by atoms with Gasteiger partial charge in [-0.1, -0.05) is 35.3 Å². The molecule has 1 aliphatic rings. The molecule has 0 aliphatic carbocycles. The molecule has 6 nitrogen and oxygen atoms in total.